The molecule has 1 aromatic heterocycles. The van der Waals surface area contributed by atoms with Gasteiger partial charge in [-0.1, -0.05) is 0 Å². The third-order valence-corrected chi connectivity index (χ3v) is 5.75. The van der Waals surface area contributed by atoms with Crippen LogP contribution in [0.4, 0.5) is 5.88 Å². The monoisotopic (exact) mass is 301 g/mol. The van der Waals surface area contributed by atoms with Gasteiger partial charge in [0.1, 0.15) is 10.7 Å². The fourth-order valence-electron chi connectivity index (χ4n) is 5.28. The summed E-state index contributed by atoms with van der Waals surface area (Å²) in [5.41, 5.74) is -0.163. The van der Waals surface area contributed by atoms with E-state index in [1.165, 1.54) is 31.4 Å². The van der Waals surface area contributed by atoms with Crippen molar-refractivity contribution in [2.24, 2.45) is 23.2 Å². The SMILES string of the molecule is O=C(C=Cc1ccc([N+](=O)[O-])o1)C12CC3CC(CC(C3)C1)C2. The smallest absolute Gasteiger partial charge is 0.401 e. The molecule has 0 unspecified atom stereocenters. The standard InChI is InChI=1S/C17H19NO4/c19-15(3-1-14-2-4-16(22-14)18(20)21)17-8-11-5-12(9-17)7-13(6-11)10-17/h1-4,11-13H,5-10H2. The molecule has 0 amide bonds. The summed E-state index contributed by atoms with van der Waals surface area (Å²) in [4.78, 5) is 22.8. The van der Waals surface area contributed by atoms with Crippen molar-refractivity contribution in [1.82, 2.24) is 0 Å². The molecule has 5 nitrogen and oxygen atoms in total. The van der Waals surface area contributed by atoms with Crippen LogP contribution in [0.3, 0.4) is 0 Å². The van der Waals surface area contributed by atoms with Crippen LogP contribution in [-0.4, -0.2) is 10.7 Å². The van der Waals surface area contributed by atoms with Crippen LogP contribution in [0.1, 0.15) is 44.3 Å². The van der Waals surface area contributed by atoms with Crippen molar-refractivity contribution in [3.05, 3.63) is 34.1 Å². The zero-order valence-electron chi connectivity index (χ0n) is 12.4. The molecule has 5 heteroatoms. The second-order valence-corrected chi connectivity index (χ2v) is 7.33. The van der Waals surface area contributed by atoms with Crippen molar-refractivity contribution in [2.45, 2.75) is 38.5 Å². The van der Waals surface area contributed by atoms with Gasteiger partial charge in [0.05, 0.1) is 6.07 Å². The molecule has 4 aliphatic rings. The minimum Gasteiger partial charge on any atom is -0.401 e. The van der Waals surface area contributed by atoms with E-state index in [9.17, 15) is 14.9 Å². The molecule has 5 rings (SSSR count). The highest BCUT2D eigenvalue weighted by molar-refractivity contribution is 5.98. The fourth-order valence-corrected chi connectivity index (χ4v) is 5.28. The highest BCUT2D eigenvalue weighted by Crippen LogP contribution is 2.60. The number of carbonyl (C=O) groups excluding carboxylic acids is 1. The van der Waals surface area contributed by atoms with Crippen molar-refractivity contribution < 1.29 is 14.1 Å². The first kappa shape index (κ1) is 13.7. The molecule has 0 aliphatic heterocycles. The van der Waals surface area contributed by atoms with E-state index >= 15 is 0 Å². The molecule has 4 bridgehead atoms. The maximum absolute atomic E-state index is 12.7. The molecule has 0 N–H and O–H groups in total. The Morgan fingerprint density at radius 2 is 1.77 bits per heavy atom. The minimum atomic E-state index is -0.571. The molecule has 0 atom stereocenters. The molecule has 4 saturated carbocycles. The number of allylic oxidation sites excluding steroid dienone is 1. The maximum atomic E-state index is 12.7. The number of carbonyl (C=O) groups is 1. The van der Waals surface area contributed by atoms with Crippen molar-refractivity contribution >= 4 is 17.7 Å². The van der Waals surface area contributed by atoms with Crippen LogP contribution in [0.5, 0.6) is 0 Å². The molecule has 0 radical (unpaired) electrons. The number of furan rings is 1. The van der Waals surface area contributed by atoms with Gasteiger partial charge in [0.15, 0.2) is 5.78 Å². The average Bonchev–Trinajstić information content (AvgIpc) is 2.92. The Kier molecular flexibility index (Phi) is 2.99. The second kappa shape index (κ2) is 4.80. The van der Waals surface area contributed by atoms with E-state index < -0.39 is 4.92 Å². The number of rotatable bonds is 4. The third kappa shape index (κ3) is 2.19. The van der Waals surface area contributed by atoms with Gasteiger partial charge in [-0.2, -0.15) is 0 Å². The summed E-state index contributed by atoms with van der Waals surface area (Å²) < 4.78 is 5.08. The summed E-state index contributed by atoms with van der Waals surface area (Å²) in [5.74, 6) is 2.45. The van der Waals surface area contributed by atoms with Gasteiger partial charge < -0.3 is 4.42 Å². The van der Waals surface area contributed by atoms with Crippen LogP contribution < -0.4 is 0 Å². The fraction of sp³-hybridized carbons (Fsp3) is 0.588. The molecule has 22 heavy (non-hydrogen) atoms. The summed E-state index contributed by atoms with van der Waals surface area (Å²) in [6.45, 7) is 0. The van der Waals surface area contributed by atoms with Gasteiger partial charge in [-0.05, 0) is 74.5 Å². The summed E-state index contributed by atoms with van der Waals surface area (Å²) >= 11 is 0. The first-order chi connectivity index (χ1) is 10.5. The first-order valence-corrected chi connectivity index (χ1v) is 8.01. The lowest BCUT2D eigenvalue weighted by molar-refractivity contribution is -0.402. The molecule has 4 fully saturated rings. The van der Waals surface area contributed by atoms with Crippen LogP contribution in [0.25, 0.3) is 6.08 Å². The number of nitro groups is 1. The molecule has 1 heterocycles. The molecule has 1 aromatic rings. The van der Waals surface area contributed by atoms with Gasteiger partial charge in [-0.25, -0.2) is 0 Å². The van der Waals surface area contributed by atoms with E-state index in [4.69, 9.17) is 4.42 Å². The van der Waals surface area contributed by atoms with Gasteiger partial charge in [0.25, 0.3) is 0 Å². The van der Waals surface area contributed by atoms with E-state index in [-0.39, 0.29) is 17.1 Å². The lowest BCUT2D eigenvalue weighted by Gasteiger charge is -2.55. The lowest BCUT2D eigenvalue weighted by atomic mass is 9.48. The number of nitrogens with zero attached hydrogens (tertiary/aromatic N) is 1. The van der Waals surface area contributed by atoms with E-state index in [1.807, 2.05) is 0 Å². The molecular weight excluding hydrogens is 282 g/mol. The van der Waals surface area contributed by atoms with Gasteiger partial charge >= 0.3 is 5.88 Å². The summed E-state index contributed by atoms with van der Waals surface area (Å²) in [7, 11) is 0. The zero-order valence-corrected chi connectivity index (χ0v) is 12.4. The minimum absolute atomic E-state index is 0.163. The first-order valence-electron chi connectivity index (χ1n) is 8.01. The van der Waals surface area contributed by atoms with Gasteiger partial charge in [0.2, 0.25) is 0 Å². The normalized spacial score (nSPS) is 36.1. The van der Waals surface area contributed by atoms with E-state index in [1.54, 1.807) is 12.2 Å². The van der Waals surface area contributed by atoms with Crippen LogP contribution in [0.2, 0.25) is 0 Å². The summed E-state index contributed by atoms with van der Waals surface area (Å²) in [5, 5.41) is 10.6. The number of hydrogen-bond donors (Lipinski definition) is 0. The largest absolute Gasteiger partial charge is 0.433 e. The molecule has 0 saturated heterocycles. The lowest BCUT2D eigenvalue weighted by Crippen LogP contribution is -2.49. The highest BCUT2D eigenvalue weighted by atomic mass is 16.6. The summed E-state index contributed by atoms with van der Waals surface area (Å²) in [6.07, 6.45) is 10.2. The van der Waals surface area contributed by atoms with Crippen LogP contribution >= 0.6 is 0 Å². The van der Waals surface area contributed by atoms with E-state index in [0.29, 0.717) is 5.76 Å². The molecule has 4 aliphatic carbocycles. The number of ketones is 1. The van der Waals surface area contributed by atoms with Gasteiger partial charge in [-0.3, -0.25) is 14.9 Å². The molecule has 116 valence electrons. The Balaban J connectivity index is 1.52. The Morgan fingerprint density at radius 1 is 1.18 bits per heavy atom. The van der Waals surface area contributed by atoms with E-state index in [0.717, 1.165) is 37.0 Å². The maximum Gasteiger partial charge on any atom is 0.433 e. The predicted molar refractivity (Wildman–Crippen MR) is 80.0 cm³/mol. The van der Waals surface area contributed by atoms with Crippen molar-refractivity contribution in [2.75, 3.05) is 0 Å². The van der Waals surface area contributed by atoms with Crippen molar-refractivity contribution in [1.29, 1.82) is 0 Å². The van der Waals surface area contributed by atoms with Crippen molar-refractivity contribution in [3.8, 4) is 0 Å². The second-order valence-electron chi connectivity index (χ2n) is 7.33. The molecule has 0 aromatic carbocycles. The van der Waals surface area contributed by atoms with Crippen molar-refractivity contribution in [3.63, 3.8) is 0 Å². The third-order valence-electron chi connectivity index (χ3n) is 5.75. The Bertz CT molecular complexity index is 622. The average molecular weight is 301 g/mol. The van der Waals surface area contributed by atoms with Gasteiger partial charge in [0, 0.05) is 5.41 Å². The Hall–Kier alpha value is -1.91. The summed E-state index contributed by atoms with van der Waals surface area (Å²) in [6, 6.07) is 2.84. The van der Waals surface area contributed by atoms with Crippen LogP contribution in [-0.2, 0) is 4.79 Å². The predicted octanol–water partition coefficient (Wildman–Crippen LogP) is 3.99. The van der Waals surface area contributed by atoms with Crippen LogP contribution in [0.15, 0.2) is 22.6 Å². The highest BCUT2D eigenvalue weighted by Gasteiger charge is 2.53. The van der Waals surface area contributed by atoms with E-state index in [2.05, 4.69) is 0 Å². The number of hydrogen-bond acceptors (Lipinski definition) is 4. The molecular formula is C17H19NO4. The molecule has 0 spiro atoms. The quantitative estimate of drug-likeness (QED) is 0.479. The zero-order chi connectivity index (χ0) is 15.3. The van der Waals surface area contributed by atoms with Crippen LogP contribution in [0, 0.1) is 33.3 Å². The Labute approximate surface area is 128 Å². The topological polar surface area (TPSA) is 73.3 Å². The van der Waals surface area contributed by atoms with Gasteiger partial charge in [-0.15, -0.1) is 0 Å². The Morgan fingerprint density at radius 3 is 2.27 bits per heavy atom.